The predicted octanol–water partition coefficient (Wildman–Crippen LogP) is 15.3. The highest BCUT2D eigenvalue weighted by Crippen LogP contribution is 2.14. The zero-order chi connectivity index (χ0) is 50.2. The molecule has 69 heavy (non-hydrogen) atoms. The lowest BCUT2D eigenvalue weighted by atomic mass is 10.1. The summed E-state index contributed by atoms with van der Waals surface area (Å²) in [4.78, 5) is 27.7. The van der Waals surface area contributed by atoms with E-state index in [4.69, 9.17) is 28.4 Å². The first-order valence-corrected chi connectivity index (χ1v) is 28.7. The van der Waals surface area contributed by atoms with Gasteiger partial charge in [0.1, 0.15) is 0 Å². The summed E-state index contributed by atoms with van der Waals surface area (Å²) < 4.78 is 35.6. The number of allylic oxidation sites excluding steroid dienone is 8. The summed E-state index contributed by atoms with van der Waals surface area (Å²) in [6.45, 7) is 15.3. The van der Waals surface area contributed by atoms with Crippen LogP contribution in [0.4, 0.5) is 0 Å². The SMILES string of the molecule is CC/C=C\CCCCCOC(CCC(=O)OCCCCCCN(CCCO)CCCCCCOC(=O)CCC(OCCCCC/C=C\CC)OCCCCC/C=C\CC)OCCCCC/C=C\CC. The minimum absolute atomic E-state index is 0.175. The van der Waals surface area contributed by atoms with Gasteiger partial charge in [-0.15, -0.1) is 0 Å². The number of carbonyl (C=O) groups excluding carboxylic acids is 2. The third-order valence-corrected chi connectivity index (χ3v) is 11.9. The molecule has 0 atom stereocenters. The van der Waals surface area contributed by atoms with Crippen LogP contribution in [-0.4, -0.2) is 100 Å². The molecule has 0 radical (unpaired) electrons. The summed E-state index contributed by atoms with van der Waals surface area (Å²) in [6, 6.07) is 0. The van der Waals surface area contributed by atoms with E-state index < -0.39 is 0 Å². The quantitative estimate of drug-likeness (QED) is 0.0274. The number of esters is 2. The van der Waals surface area contributed by atoms with Crippen molar-refractivity contribution in [3.05, 3.63) is 48.6 Å². The molecule has 0 saturated carbocycles. The fraction of sp³-hybridized carbons (Fsp3) is 0.831. The second-order valence-electron chi connectivity index (χ2n) is 18.5. The summed E-state index contributed by atoms with van der Waals surface area (Å²) in [5, 5.41) is 9.49. The number of hydrogen-bond donors (Lipinski definition) is 1. The first-order valence-electron chi connectivity index (χ1n) is 28.7. The molecular weight excluding hydrogens is 867 g/mol. The van der Waals surface area contributed by atoms with Gasteiger partial charge < -0.3 is 38.4 Å². The van der Waals surface area contributed by atoms with Crippen LogP contribution in [-0.2, 0) is 38.0 Å². The van der Waals surface area contributed by atoms with Gasteiger partial charge in [0.05, 0.1) is 26.1 Å². The van der Waals surface area contributed by atoms with E-state index in [0.717, 1.165) is 180 Å². The maximum absolute atomic E-state index is 12.6. The van der Waals surface area contributed by atoms with E-state index in [1.54, 1.807) is 0 Å². The third kappa shape index (κ3) is 51.8. The summed E-state index contributed by atoms with van der Waals surface area (Å²) in [5.74, 6) is -0.351. The molecule has 0 aromatic carbocycles. The van der Waals surface area contributed by atoms with Crippen molar-refractivity contribution in [1.29, 1.82) is 0 Å². The Balaban J connectivity index is 4.36. The van der Waals surface area contributed by atoms with Crippen LogP contribution in [0.15, 0.2) is 48.6 Å². The van der Waals surface area contributed by atoms with Crippen molar-refractivity contribution in [2.45, 2.75) is 252 Å². The average molecular weight is 977 g/mol. The van der Waals surface area contributed by atoms with Gasteiger partial charge in [0.25, 0.3) is 0 Å². The van der Waals surface area contributed by atoms with Crippen LogP contribution >= 0.6 is 0 Å². The number of unbranched alkanes of at least 4 members (excludes halogenated alkanes) is 18. The number of nitrogens with zero attached hydrogens (tertiary/aromatic N) is 1. The van der Waals surface area contributed by atoms with Crippen LogP contribution in [0.2, 0.25) is 0 Å². The molecule has 0 fully saturated rings. The van der Waals surface area contributed by atoms with Crippen LogP contribution in [0.1, 0.15) is 240 Å². The van der Waals surface area contributed by atoms with Crippen LogP contribution in [0, 0.1) is 0 Å². The van der Waals surface area contributed by atoms with Crippen LogP contribution in [0.5, 0.6) is 0 Å². The van der Waals surface area contributed by atoms with E-state index in [9.17, 15) is 14.7 Å². The molecule has 0 aliphatic rings. The summed E-state index contributed by atoms with van der Waals surface area (Å²) >= 11 is 0. The van der Waals surface area contributed by atoms with Crippen LogP contribution in [0.3, 0.4) is 0 Å². The van der Waals surface area contributed by atoms with Gasteiger partial charge in [0.2, 0.25) is 0 Å². The Morgan fingerprint density at radius 2 is 0.667 bits per heavy atom. The summed E-state index contributed by atoms with van der Waals surface area (Å²) in [6.07, 6.45) is 49.8. The van der Waals surface area contributed by atoms with E-state index in [-0.39, 0.29) is 31.1 Å². The zero-order valence-electron chi connectivity index (χ0n) is 45.3. The smallest absolute Gasteiger partial charge is 0.305 e. The Morgan fingerprint density at radius 1 is 0.377 bits per heavy atom. The molecule has 0 aliphatic carbocycles. The number of hydrogen-bond acceptors (Lipinski definition) is 10. The second kappa shape index (κ2) is 56.6. The molecule has 10 heteroatoms. The zero-order valence-corrected chi connectivity index (χ0v) is 45.3. The van der Waals surface area contributed by atoms with E-state index in [1.165, 1.54) is 25.7 Å². The lowest BCUT2D eigenvalue weighted by Gasteiger charge is -2.22. The van der Waals surface area contributed by atoms with Gasteiger partial charge in [-0.25, -0.2) is 0 Å². The molecule has 0 unspecified atom stereocenters. The molecule has 0 bridgehead atoms. The molecular formula is C59H109NO9. The Labute approximate surface area is 425 Å². The Hall–Kier alpha value is -2.34. The molecule has 0 saturated heterocycles. The van der Waals surface area contributed by atoms with Crippen molar-refractivity contribution in [3.63, 3.8) is 0 Å². The molecule has 1 N–H and O–H groups in total. The van der Waals surface area contributed by atoms with Crippen LogP contribution in [0.25, 0.3) is 0 Å². The van der Waals surface area contributed by atoms with Gasteiger partial charge >= 0.3 is 11.9 Å². The van der Waals surface area contributed by atoms with Gasteiger partial charge in [-0.2, -0.15) is 0 Å². The summed E-state index contributed by atoms with van der Waals surface area (Å²) in [5.41, 5.74) is 0. The largest absolute Gasteiger partial charge is 0.466 e. The minimum Gasteiger partial charge on any atom is -0.466 e. The molecule has 10 nitrogen and oxygen atoms in total. The maximum Gasteiger partial charge on any atom is 0.305 e. The van der Waals surface area contributed by atoms with Crippen molar-refractivity contribution < 1.29 is 43.1 Å². The first kappa shape index (κ1) is 66.7. The number of ether oxygens (including phenoxy) is 6. The first-order chi connectivity index (χ1) is 34.0. The molecule has 0 rings (SSSR count). The normalized spacial score (nSPS) is 12.2. The second-order valence-corrected chi connectivity index (χ2v) is 18.5. The maximum atomic E-state index is 12.6. The van der Waals surface area contributed by atoms with Gasteiger partial charge in [0, 0.05) is 52.4 Å². The van der Waals surface area contributed by atoms with E-state index in [1.807, 2.05) is 0 Å². The number of rotatable bonds is 55. The Bertz CT molecular complexity index is 1050. The molecule has 0 heterocycles. The lowest BCUT2D eigenvalue weighted by Crippen LogP contribution is -2.28. The highest BCUT2D eigenvalue weighted by Gasteiger charge is 2.15. The Kier molecular flexibility index (Phi) is 54.7. The molecule has 0 aromatic heterocycles. The standard InChI is InChI=1S/C59H109NO9/c1-5-9-13-17-21-27-37-52-66-58(67-53-38-28-22-18-14-10-6-2)44-42-56(62)64-50-35-31-25-33-46-60(48-41-49-61)47-34-26-32-36-51-65-57(63)43-45-59(68-54-39-29-23-19-15-11-7-3)69-55-40-30-24-20-16-12-8-4/h9-16,58-59,61H,5-8,17-55H2,1-4H3/b13-9-,14-10-,15-11-,16-12-. The summed E-state index contributed by atoms with van der Waals surface area (Å²) in [7, 11) is 0. The van der Waals surface area contributed by atoms with Crippen molar-refractivity contribution >= 4 is 11.9 Å². The molecule has 0 aliphatic heterocycles. The van der Waals surface area contributed by atoms with Crippen molar-refractivity contribution in [2.24, 2.45) is 0 Å². The molecule has 404 valence electrons. The fourth-order valence-corrected chi connectivity index (χ4v) is 7.79. The highest BCUT2D eigenvalue weighted by atomic mass is 16.7. The highest BCUT2D eigenvalue weighted by molar-refractivity contribution is 5.69. The number of aliphatic hydroxyl groups excluding tert-OH is 1. The van der Waals surface area contributed by atoms with Gasteiger partial charge in [-0.1, -0.05) is 128 Å². The van der Waals surface area contributed by atoms with Gasteiger partial charge in [-0.05, 0) is 148 Å². The minimum atomic E-state index is -0.363. The number of carbonyl (C=O) groups is 2. The molecule has 0 amide bonds. The fourth-order valence-electron chi connectivity index (χ4n) is 7.79. The average Bonchev–Trinajstić information content (AvgIpc) is 3.35. The van der Waals surface area contributed by atoms with Crippen LogP contribution < -0.4 is 0 Å². The molecule has 0 aromatic rings. The van der Waals surface area contributed by atoms with Gasteiger partial charge in [-0.3, -0.25) is 9.59 Å². The van der Waals surface area contributed by atoms with E-state index in [0.29, 0.717) is 65.3 Å². The monoisotopic (exact) mass is 976 g/mol. The van der Waals surface area contributed by atoms with E-state index in [2.05, 4.69) is 81.2 Å². The molecule has 0 spiro atoms. The lowest BCUT2D eigenvalue weighted by molar-refractivity contribution is -0.159. The van der Waals surface area contributed by atoms with Crippen molar-refractivity contribution in [1.82, 2.24) is 4.90 Å². The Morgan fingerprint density at radius 3 is 0.986 bits per heavy atom. The predicted molar refractivity (Wildman–Crippen MR) is 288 cm³/mol. The van der Waals surface area contributed by atoms with Crippen molar-refractivity contribution in [2.75, 3.05) is 65.9 Å². The topological polar surface area (TPSA) is 113 Å². The van der Waals surface area contributed by atoms with Crippen molar-refractivity contribution in [3.8, 4) is 0 Å². The van der Waals surface area contributed by atoms with Gasteiger partial charge in [0.15, 0.2) is 12.6 Å². The number of aliphatic hydroxyl groups is 1. The third-order valence-electron chi connectivity index (χ3n) is 11.9. The van der Waals surface area contributed by atoms with E-state index >= 15 is 0 Å².